The van der Waals surface area contributed by atoms with E-state index in [4.69, 9.17) is 0 Å². The van der Waals surface area contributed by atoms with E-state index < -0.39 is 27.3 Å². The molecule has 1 atom stereocenters. The number of halogens is 3. The summed E-state index contributed by atoms with van der Waals surface area (Å²) in [5, 5.41) is -0.930. The van der Waals surface area contributed by atoms with Gasteiger partial charge in [0.15, 0.2) is 5.01 Å². The SMILES string of the molecule is CC(C)(C)[S+]([O-])N=Cc1cnc(C(F)(F)F)s1. The molecular weight excluding hydrogens is 273 g/mol. The summed E-state index contributed by atoms with van der Waals surface area (Å²) in [6, 6.07) is 0. The molecule has 96 valence electrons. The van der Waals surface area contributed by atoms with Crippen molar-refractivity contribution in [3.8, 4) is 0 Å². The van der Waals surface area contributed by atoms with Gasteiger partial charge in [-0.2, -0.15) is 13.2 Å². The predicted molar refractivity (Wildman–Crippen MR) is 62.6 cm³/mol. The van der Waals surface area contributed by atoms with Crippen molar-refractivity contribution in [2.24, 2.45) is 4.40 Å². The van der Waals surface area contributed by atoms with Gasteiger partial charge >= 0.3 is 6.18 Å². The van der Waals surface area contributed by atoms with Crippen LogP contribution in [0.2, 0.25) is 0 Å². The number of aromatic nitrogens is 1. The van der Waals surface area contributed by atoms with Crippen LogP contribution in [0.25, 0.3) is 0 Å². The third-order valence-electron chi connectivity index (χ3n) is 1.57. The normalized spacial score (nSPS) is 15.5. The fourth-order valence-electron chi connectivity index (χ4n) is 0.735. The summed E-state index contributed by atoms with van der Waals surface area (Å²) in [6.07, 6.45) is -2.22. The van der Waals surface area contributed by atoms with Gasteiger partial charge in [0.2, 0.25) is 0 Å². The second kappa shape index (κ2) is 4.95. The molecule has 1 unspecified atom stereocenters. The number of rotatable bonds is 2. The van der Waals surface area contributed by atoms with Crippen molar-refractivity contribution < 1.29 is 17.7 Å². The van der Waals surface area contributed by atoms with E-state index in [1.165, 1.54) is 0 Å². The number of hydrogen-bond donors (Lipinski definition) is 0. The Morgan fingerprint density at radius 3 is 2.41 bits per heavy atom. The Bertz CT molecular complexity index is 409. The number of thiazole rings is 1. The summed E-state index contributed by atoms with van der Waals surface area (Å²) in [6.45, 7) is 5.19. The fourth-order valence-corrected chi connectivity index (χ4v) is 1.98. The van der Waals surface area contributed by atoms with Crippen molar-refractivity contribution >= 4 is 28.9 Å². The van der Waals surface area contributed by atoms with Crippen LogP contribution < -0.4 is 0 Å². The maximum Gasteiger partial charge on any atom is 0.443 e. The molecule has 1 rings (SSSR count). The minimum absolute atomic E-state index is 0.231. The quantitative estimate of drug-likeness (QED) is 0.619. The Hall–Kier alpha value is -0.600. The van der Waals surface area contributed by atoms with Crippen LogP contribution in [0.1, 0.15) is 30.7 Å². The number of hydrogen-bond acceptors (Lipinski definition) is 4. The molecule has 0 spiro atoms. The minimum atomic E-state index is -4.44. The Morgan fingerprint density at radius 2 is 2.00 bits per heavy atom. The third kappa shape index (κ3) is 4.29. The van der Waals surface area contributed by atoms with Crippen LogP contribution in [-0.4, -0.2) is 20.5 Å². The molecule has 17 heavy (non-hydrogen) atoms. The molecule has 1 aromatic rings. The molecule has 3 nitrogen and oxygen atoms in total. The van der Waals surface area contributed by atoms with Crippen molar-refractivity contribution in [1.29, 1.82) is 0 Å². The van der Waals surface area contributed by atoms with Crippen molar-refractivity contribution in [2.75, 3.05) is 0 Å². The molecule has 0 saturated carbocycles. The molecule has 0 aromatic carbocycles. The standard InChI is InChI=1S/C9H11F3N2OS2/c1-8(2,3)17(15)14-5-6-4-13-7(16-6)9(10,11)12/h4-5H,1-3H3. The highest BCUT2D eigenvalue weighted by atomic mass is 32.2. The average Bonchev–Trinajstić information content (AvgIpc) is 2.59. The lowest BCUT2D eigenvalue weighted by Gasteiger charge is -2.17. The van der Waals surface area contributed by atoms with Gasteiger partial charge in [-0.3, -0.25) is 0 Å². The smallest absolute Gasteiger partial charge is 0.443 e. The van der Waals surface area contributed by atoms with Gasteiger partial charge in [-0.1, -0.05) is 4.40 Å². The zero-order valence-corrected chi connectivity index (χ0v) is 11.0. The number of nitrogens with zero attached hydrogens (tertiary/aromatic N) is 2. The summed E-state index contributed by atoms with van der Waals surface area (Å²) < 4.78 is 51.4. The van der Waals surface area contributed by atoms with Gasteiger partial charge in [0.05, 0.1) is 11.1 Å². The molecule has 1 heterocycles. The first-order valence-electron chi connectivity index (χ1n) is 4.60. The van der Waals surface area contributed by atoms with Gasteiger partial charge in [-0.25, -0.2) is 4.98 Å². The van der Waals surface area contributed by atoms with Gasteiger partial charge in [0.25, 0.3) is 0 Å². The van der Waals surface area contributed by atoms with Gasteiger partial charge in [0, 0.05) is 6.20 Å². The molecule has 0 radical (unpaired) electrons. The highest BCUT2D eigenvalue weighted by Crippen LogP contribution is 2.32. The van der Waals surface area contributed by atoms with E-state index >= 15 is 0 Å². The predicted octanol–water partition coefficient (Wildman–Crippen LogP) is 3.04. The van der Waals surface area contributed by atoms with Gasteiger partial charge < -0.3 is 4.55 Å². The Balaban J connectivity index is 2.77. The lowest BCUT2D eigenvalue weighted by atomic mass is 10.3. The van der Waals surface area contributed by atoms with Crippen LogP contribution in [0, 0.1) is 0 Å². The summed E-state index contributed by atoms with van der Waals surface area (Å²) >= 11 is -1.01. The Morgan fingerprint density at radius 1 is 1.41 bits per heavy atom. The van der Waals surface area contributed by atoms with E-state index in [-0.39, 0.29) is 4.88 Å². The molecule has 0 bridgehead atoms. The Kier molecular flexibility index (Phi) is 4.21. The first kappa shape index (κ1) is 14.5. The third-order valence-corrected chi connectivity index (χ3v) is 3.89. The summed E-state index contributed by atoms with van der Waals surface area (Å²) in [7, 11) is 0. The first-order valence-corrected chi connectivity index (χ1v) is 6.52. The van der Waals surface area contributed by atoms with Crippen LogP contribution in [-0.2, 0) is 17.5 Å². The highest BCUT2D eigenvalue weighted by Gasteiger charge is 2.34. The molecule has 8 heteroatoms. The first-order chi connectivity index (χ1) is 7.60. The largest absolute Gasteiger partial charge is 0.591 e. The highest BCUT2D eigenvalue weighted by molar-refractivity contribution is 7.91. The van der Waals surface area contributed by atoms with Crippen molar-refractivity contribution in [2.45, 2.75) is 31.7 Å². The van der Waals surface area contributed by atoms with Crippen molar-refractivity contribution in [1.82, 2.24) is 4.98 Å². The number of alkyl halides is 3. The van der Waals surface area contributed by atoms with Crippen LogP contribution in [0.4, 0.5) is 13.2 Å². The molecule has 0 aliphatic carbocycles. The maximum absolute atomic E-state index is 12.2. The monoisotopic (exact) mass is 284 g/mol. The van der Waals surface area contributed by atoms with E-state index in [2.05, 4.69) is 9.38 Å². The Labute approximate surface area is 104 Å². The minimum Gasteiger partial charge on any atom is -0.591 e. The molecular formula is C9H11F3N2OS2. The zero-order valence-electron chi connectivity index (χ0n) is 9.41. The summed E-state index contributed by atoms with van der Waals surface area (Å²) in [5.41, 5.74) is 0. The van der Waals surface area contributed by atoms with Gasteiger partial charge in [-0.15, -0.1) is 11.3 Å². The maximum atomic E-state index is 12.2. The zero-order chi connectivity index (χ0) is 13.3. The molecule has 0 N–H and O–H groups in total. The summed E-state index contributed by atoms with van der Waals surface area (Å²) in [4.78, 5) is 3.46. The van der Waals surface area contributed by atoms with Crippen molar-refractivity contribution in [3.63, 3.8) is 0 Å². The van der Waals surface area contributed by atoms with Crippen LogP contribution in [0.15, 0.2) is 10.6 Å². The molecule has 0 aliphatic rings. The fraction of sp³-hybridized carbons (Fsp3) is 0.556. The van der Waals surface area contributed by atoms with E-state index in [1.807, 2.05) is 0 Å². The summed E-state index contributed by atoms with van der Waals surface area (Å²) in [5.74, 6) is 0. The molecule has 0 aliphatic heterocycles. The topological polar surface area (TPSA) is 48.3 Å². The van der Waals surface area contributed by atoms with Crippen LogP contribution in [0.3, 0.4) is 0 Å². The van der Waals surface area contributed by atoms with E-state index in [0.29, 0.717) is 11.3 Å². The lowest BCUT2D eigenvalue weighted by molar-refractivity contribution is -0.137. The molecule has 0 fully saturated rings. The molecule has 0 saturated heterocycles. The van der Waals surface area contributed by atoms with Gasteiger partial charge in [0.1, 0.15) is 16.1 Å². The van der Waals surface area contributed by atoms with Crippen LogP contribution >= 0.6 is 11.3 Å². The van der Waals surface area contributed by atoms with E-state index in [9.17, 15) is 17.7 Å². The average molecular weight is 284 g/mol. The van der Waals surface area contributed by atoms with Crippen molar-refractivity contribution in [3.05, 3.63) is 16.1 Å². The molecule has 0 amide bonds. The van der Waals surface area contributed by atoms with E-state index in [1.54, 1.807) is 20.8 Å². The second-order valence-corrected chi connectivity index (χ2v) is 7.16. The van der Waals surface area contributed by atoms with Crippen LogP contribution in [0.5, 0.6) is 0 Å². The molecule has 1 aromatic heterocycles. The lowest BCUT2D eigenvalue weighted by Crippen LogP contribution is -2.25. The van der Waals surface area contributed by atoms with Gasteiger partial charge in [-0.05, 0) is 20.8 Å². The second-order valence-electron chi connectivity index (χ2n) is 4.16. The van der Waals surface area contributed by atoms with E-state index in [0.717, 1.165) is 12.4 Å².